The van der Waals surface area contributed by atoms with Gasteiger partial charge in [-0.3, -0.25) is 4.79 Å². The van der Waals surface area contributed by atoms with Crippen LogP contribution >= 0.6 is 0 Å². The summed E-state index contributed by atoms with van der Waals surface area (Å²) in [6.45, 7) is 0. The highest BCUT2D eigenvalue weighted by molar-refractivity contribution is 5.92. The molecule has 0 aliphatic heterocycles. The third-order valence-corrected chi connectivity index (χ3v) is 3.17. The van der Waals surface area contributed by atoms with Crippen LogP contribution < -0.4 is 15.4 Å². The number of carbonyl (C=O) groups is 1. The average Bonchev–Trinajstić information content (AvgIpc) is 3.32. The van der Waals surface area contributed by atoms with Gasteiger partial charge in [0.05, 0.1) is 25.2 Å². The first-order chi connectivity index (χ1) is 10.3. The number of para-hydroxylation sites is 2. The van der Waals surface area contributed by atoms with E-state index in [2.05, 4.69) is 20.6 Å². The van der Waals surface area contributed by atoms with E-state index in [9.17, 15) is 4.79 Å². The van der Waals surface area contributed by atoms with Crippen molar-refractivity contribution in [1.29, 1.82) is 0 Å². The number of ether oxygens (including phenoxy) is 1. The lowest BCUT2D eigenvalue weighted by atomic mass is 10.3. The number of hydrogen-bond donors (Lipinski definition) is 2. The summed E-state index contributed by atoms with van der Waals surface area (Å²) in [5, 5.41) is 5.99. The molecule has 21 heavy (non-hydrogen) atoms. The normalized spacial score (nSPS) is 13.6. The fourth-order valence-corrected chi connectivity index (χ4v) is 1.88. The summed E-state index contributed by atoms with van der Waals surface area (Å²) in [6.07, 6.45) is 5.10. The van der Waals surface area contributed by atoms with Gasteiger partial charge in [-0.1, -0.05) is 12.1 Å². The van der Waals surface area contributed by atoms with Gasteiger partial charge in [0.2, 0.25) is 0 Å². The van der Waals surface area contributed by atoms with Crippen LogP contribution in [0.25, 0.3) is 0 Å². The van der Waals surface area contributed by atoms with Crippen LogP contribution in [0, 0.1) is 0 Å². The number of nitrogens with zero attached hydrogens (tertiary/aromatic N) is 2. The van der Waals surface area contributed by atoms with Gasteiger partial charge in [0, 0.05) is 6.04 Å². The lowest BCUT2D eigenvalue weighted by molar-refractivity contribution is 0.0945. The SMILES string of the molecule is COc1ccccc1Nc1cnc(C(=O)NC2CC2)cn1. The van der Waals surface area contributed by atoms with E-state index in [1.54, 1.807) is 7.11 Å². The number of nitrogens with one attached hydrogen (secondary N) is 2. The maximum Gasteiger partial charge on any atom is 0.271 e. The maximum atomic E-state index is 11.8. The molecular formula is C15H16N4O2. The molecular weight excluding hydrogens is 268 g/mol. The molecule has 1 aliphatic carbocycles. The Morgan fingerprint density at radius 2 is 2.05 bits per heavy atom. The molecule has 2 aromatic rings. The highest BCUT2D eigenvalue weighted by Crippen LogP contribution is 2.25. The van der Waals surface area contributed by atoms with Gasteiger partial charge in [0.15, 0.2) is 0 Å². The summed E-state index contributed by atoms with van der Waals surface area (Å²) in [5.74, 6) is 1.10. The van der Waals surface area contributed by atoms with Crippen molar-refractivity contribution in [1.82, 2.24) is 15.3 Å². The zero-order chi connectivity index (χ0) is 14.7. The van der Waals surface area contributed by atoms with E-state index in [1.165, 1.54) is 12.4 Å². The van der Waals surface area contributed by atoms with E-state index in [4.69, 9.17) is 4.74 Å². The molecule has 1 heterocycles. The molecule has 0 atom stereocenters. The minimum Gasteiger partial charge on any atom is -0.495 e. The third-order valence-electron chi connectivity index (χ3n) is 3.17. The number of anilines is 2. The van der Waals surface area contributed by atoms with Gasteiger partial charge in [-0.25, -0.2) is 9.97 Å². The van der Waals surface area contributed by atoms with Gasteiger partial charge in [0.1, 0.15) is 17.3 Å². The first-order valence-electron chi connectivity index (χ1n) is 6.79. The molecule has 3 rings (SSSR count). The number of benzene rings is 1. The van der Waals surface area contributed by atoms with Crippen molar-refractivity contribution < 1.29 is 9.53 Å². The van der Waals surface area contributed by atoms with Crippen molar-refractivity contribution in [2.45, 2.75) is 18.9 Å². The van der Waals surface area contributed by atoms with E-state index < -0.39 is 0 Å². The Bertz CT molecular complexity index is 638. The molecule has 1 aliphatic rings. The van der Waals surface area contributed by atoms with Crippen LogP contribution in [0.3, 0.4) is 0 Å². The Kier molecular flexibility index (Phi) is 3.68. The van der Waals surface area contributed by atoms with E-state index >= 15 is 0 Å². The van der Waals surface area contributed by atoms with E-state index in [1.807, 2.05) is 24.3 Å². The predicted molar refractivity (Wildman–Crippen MR) is 78.8 cm³/mol. The molecule has 1 aromatic carbocycles. The van der Waals surface area contributed by atoms with Crippen LogP contribution in [0.15, 0.2) is 36.7 Å². The molecule has 108 valence electrons. The molecule has 6 nitrogen and oxygen atoms in total. The quantitative estimate of drug-likeness (QED) is 0.879. The number of aromatic nitrogens is 2. The lowest BCUT2D eigenvalue weighted by Gasteiger charge is -2.10. The monoisotopic (exact) mass is 284 g/mol. The highest BCUT2D eigenvalue weighted by atomic mass is 16.5. The van der Waals surface area contributed by atoms with E-state index in [0.29, 0.717) is 17.6 Å². The van der Waals surface area contributed by atoms with Crippen molar-refractivity contribution in [3.8, 4) is 5.75 Å². The van der Waals surface area contributed by atoms with Crippen molar-refractivity contribution >= 4 is 17.4 Å². The highest BCUT2D eigenvalue weighted by Gasteiger charge is 2.24. The van der Waals surface area contributed by atoms with Gasteiger partial charge >= 0.3 is 0 Å². The summed E-state index contributed by atoms with van der Waals surface area (Å²) < 4.78 is 5.26. The van der Waals surface area contributed by atoms with Crippen LogP contribution in [-0.4, -0.2) is 29.0 Å². The molecule has 0 radical (unpaired) electrons. The van der Waals surface area contributed by atoms with E-state index in [-0.39, 0.29) is 5.91 Å². The second-order valence-electron chi connectivity index (χ2n) is 4.86. The third kappa shape index (κ3) is 3.28. The molecule has 2 N–H and O–H groups in total. The molecule has 1 fully saturated rings. The average molecular weight is 284 g/mol. The predicted octanol–water partition coefficient (Wildman–Crippen LogP) is 2.12. The van der Waals surface area contributed by atoms with Crippen LogP contribution in [-0.2, 0) is 0 Å². The Morgan fingerprint density at radius 3 is 2.71 bits per heavy atom. The minimum atomic E-state index is -0.172. The first kappa shape index (κ1) is 13.4. The van der Waals surface area contributed by atoms with Gasteiger partial charge in [0.25, 0.3) is 5.91 Å². The van der Waals surface area contributed by atoms with Crippen LogP contribution in [0.1, 0.15) is 23.3 Å². The summed E-state index contributed by atoms with van der Waals surface area (Å²) >= 11 is 0. The smallest absolute Gasteiger partial charge is 0.271 e. The molecule has 1 aromatic heterocycles. The zero-order valence-corrected chi connectivity index (χ0v) is 11.7. The largest absolute Gasteiger partial charge is 0.495 e. The summed E-state index contributed by atoms with van der Waals surface area (Å²) in [6, 6.07) is 7.84. The fraction of sp³-hybridized carbons (Fsp3) is 0.267. The van der Waals surface area contributed by atoms with Crippen LogP contribution in [0.5, 0.6) is 5.75 Å². The van der Waals surface area contributed by atoms with E-state index in [0.717, 1.165) is 24.3 Å². The standard InChI is InChI=1S/C15H16N4O2/c1-21-13-5-3-2-4-11(13)19-14-9-16-12(8-17-14)15(20)18-10-6-7-10/h2-5,8-10H,6-7H2,1H3,(H,17,19)(H,18,20). The van der Waals surface area contributed by atoms with Gasteiger partial charge < -0.3 is 15.4 Å². The molecule has 0 unspecified atom stereocenters. The molecule has 1 amide bonds. The number of hydrogen-bond acceptors (Lipinski definition) is 5. The fourth-order valence-electron chi connectivity index (χ4n) is 1.88. The summed E-state index contributed by atoms with van der Waals surface area (Å²) in [4.78, 5) is 20.2. The Balaban J connectivity index is 1.70. The molecule has 6 heteroatoms. The van der Waals surface area contributed by atoms with Gasteiger partial charge in [-0.15, -0.1) is 0 Å². The Labute approximate surface area is 122 Å². The number of amides is 1. The summed E-state index contributed by atoms with van der Waals surface area (Å²) in [7, 11) is 1.61. The Morgan fingerprint density at radius 1 is 1.24 bits per heavy atom. The van der Waals surface area contributed by atoms with Gasteiger partial charge in [-0.2, -0.15) is 0 Å². The summed E-state index contributed by atoms with van der Waals surface area (Å²) in [5.41, 5.74) is 1.12. The molecule has 0 saturated heterocycles. The topological polar surface area (TPSA) is 76.1 Å². The zero-order valence-electron chi connectivity index (χ0n) is 11.7. The van der Waals surface area contributed by atoms with Crippen molar-refractivity contribution in [2.75, 3.05) is 12.4 Å². The van der Waals surface area contributed by atoms with Crippen molar-refractivity contribution in [3.63, 3.8) is 0 Å². The van der Waals surface area contributed by atoms with Crippen molar-refractivity contribution in [3.05, 3.63) is 42.4 Å². The first-order valence-corrected chi connectivity index (χ1v) is 6.79. The lowest BCUT2D eigenvalue weighted by Crippen LogP contribution is -2.26. The van der Waals surface area contributed by atoms with Crippen LogP contribution in [0.4, 0.5) is 11.5 Å². The van der Waals surface area contributed by atoms with Crippen LogP contribution in [0.2, 0.25) is 0 Å². The van der Waals surface area contributed by atoms with Gasteiger partial charge in [-0.05, 0) is 25.0 Å². The molecule has 0 spiro atoms. The second kappa shape index (κ2) is 5.78. The molecule has 1 saturated carbocycles. The van der Waals surface area contributed by atoms with Crippen molar-refractivity contribution in [2.24, 2.45) is 0 Å². The number of methoxy groups -OCH3 is 1. The molecule has 0 bridgehead atoms. The second-order valence-corrected chi connectivity index (χ2v) is 4.86. The number of carbonyl (C=O) groups excluding carboxylic acids is 1. The Hall–Kier alpha value is -2.63. The minimum absolute atomic E-state index is 0.172. The maximum absolute atomic E-state index is 11.8. The number of rotatable bonds is 5.